The Kier molecular flexibility index (Phi) is 6.11. The van der Waals surface area contributed by atoms with E-state index in [9.17, 15) is 24.6 Å². The smallest absolute Gasteiger partial charge is 0.334 e. The molecule has 0 radical (unpaired) electrons. The molecule has 0 bridgehead atoms. The van der Waals surface area contributed by atoms with Gasteiger partial charge < -0.3 is 19.8 Å². The van der Waals surface area contributed by atoms with Gasteiger partial charge in [-0.25, -0.2) is 9.59 Å². The van der Waals surface area contributed by atoms with Crippen molar-refractivity contribution in [3.05, 3.63) is 56.3 Å². The van der Waals surface area contributed by atoms with Crippen molar-refractivity contribution in [2.75, 3.05) is 6.73 Å². The highest BCUT2D eigenvalue weighted by atomic mass is 35.5. The van der Waals surface area contributed by atoms with E-state index >= 15 is 0 Å². The van der Waals surface area contributed by atoms with Crippen molar-refractivity contribution in [2.45, 2.75) is 33.1 Å². The third kappa shape index (κ3) is 3.47. The Balaban J connectivity index is 2.89. The molecule has 0 saturated carbocycles. The van der Waals surface area contributed by atoms with Crippen LogP contribution in [0.15, 0.2) is 40.7 Å². The molecular formula is C19H19Cl2NO6. The summed E-state index contributed by atoms with van der Waals surface area (Å²) in [6.45, 7) is 5.40. The van der Waals surface area contributed by atoms with Gasteiger partial charge >= 0.3 is 17.9 Å². The molecule has 0 saturated heterocycles. The van der Waals surface area contributed by atoms with Crippen LogP contribution in [0.4, 0.5) is 0 Å². The van der Waals surface area contributed by atoms with Gasteiger partial charge in [-0.15, -0.1) is 0 Å². The van der Waals surface area contributed by atoms with Crippen molar-refractivity contribution < 1.29 is 29.3 Å². The molecule has 0 aliphatic carbocycles. The highest BCUT2D eigenvalue weighted by Gasteiger charge is 2.49. The number of hydrogen-bond acceptors (Lipinski definition) is 5. The Bertz CT molecular complexity index is 896. The van der Waals surface area contributed by atoms with Gasteiger partial charge in [0.25, 0.3) is 0 Å². The predicted molar refractivity (Wildman–Crippen MR) is 103 cm³/mol. The zero-order valence-corrected chi connectivity index (χ0v) is 17.2. The van der Waals surface area contributed by atoms with Crippen molar-refractivity contribution in [2.24, 2.45) is 0 Å². The lowest BCUT2D eigenvalue weighted by molar-refractivity contribution is -0.144. The van der Waals surface area contributed by atoms with Gasteiger partial charge in [-0.1, -0.05) is 35.3 Å². The van der Waals surface area contributed by atoms with E-state index < -0.39 is 23.3 Å². The average Bonchev–Trinajstić information content (AvgIpc) is 2.55. The SMILES string of the molecule is CC(=O)OCN1C(C)=C(C(=O)O)C(C)(c2cccc(Cl)c2Cl)C(C(=O)O)=C1C. The molecule has 150 valence electrons. The summed E-state index contributed by atoms with van der Waals surface area (Å²) in [5.41, 5.74) is -1.29. The minimum atomic E-state index is -1.60. The predicted octanol–water partition coefficient (Wildman–Crippen LogP) is 3.80. The number of rotatable bonds is 5. The van der Waals surface area contributed by atoms with Crippen LogP contribution in [0.5, 0.6) is 0 Å². The zero-order chi connectivity index (χ0) is 21.4. The van der Waals surface area contributed by atoms with Gasteiger partial charge in [-0.2, -0.15) is 0 Å². The zero-order valence-electron chi connectivity index (χ0n) is 15.7. The third-order valence-corrected chi connectivity index (χ3v) is 5.67. The molecular weight excluding hydrogens is 409 g/mol. The van der Waals surface area contributed by atoms with E-state index in [1.54, 1.807) is 12.1 Å². The number of carboxylic acid groups (broad SMARTS) is 2. The van der Waals surface area contributed by atoms with Crippen LogP contribution >= 0.6 is 23.2 Å². The van der Waals surface area contributed by atoms with Crippen LogP contribution in [0.25, 0.3) is 0 Å². The van der Waals surface area contributed by atoms with Gasteiger partial charge in [0.05, 0.1) is 26.6 Å². The molecule has 1 aromatic carbocycles. The number of halogens is 2. The van der Waals surface area contributed by atoms with Crippen LogP contribution in [0.2, 0.25) is 10.0 Å². The van der Waals surface area contributed by atoms with E-state index in [1.165, 1.54) is 38.7 Å². The lowest BCUT2D eigenvalue weighted by atomic mass is 9.67. The summed E-state index contributed by atoms with van der Waals surface area (Å²) in [7, 11) is 0. The summed E-state index contributed by atoms with van der Waals surface area (Å²) < 4.78 is 4.98. The number of ether oxygens (including phenoxy) is 1. The number of hydrogen-bond donors (Lipinski definition) is 2. The van der Waals surface area contributed by atoms with E-state index in [1.807, 2.05) is 0 Å². The van der Waals surface area contributed by atoms with Crippen LogP contribution in [-0.2, 0) is 24.5 Å². The molecule has 28 heavy (non-hydrogen) atoms. The Morgan fingerprint density at radius 1 is 1.07 bits per heavy atom. The lowest BCUT2D eigenvalue weighted by Crippen LogP contribution is -2.44. The Hall–Kier alpha value is -2.51. The summed E-state index contributed by atoms with van der Waals surface area (Å²) in [6, 6.07) is 4.65. The molecule has 2 N–H and O–H groups in total. The van der Waals surface area contributed by atoms with E-state index in [-0.39, 0.29) is 44.9 Å². The number of carbonyl (C=O) groups is 3. The molecule has 0 aromatic heterocycles. The fraction of sp³-hybridized carbons (Fsp3) is 0.316. The molecule has 0 spiro atoms. The molecule has 1 aliphatic rings. The van der Waals surface area contributed by atoms with E-state index in [4.69, 9.17) is 27.9 Å². The highest BCUT2D eigenvalue weighted by molar-refractivity contribution is 6.42. The minimum absolute atomic E-state index is 0.0678. The van der Waals surface area contributed by atoms with Gasteiger partial charge in [0.2, 0.25) is 0 Å². The summed E-state index contributed by atoms with van der Waals surface area (Å²) in [5.74, 6) is -3.23. The second-order valence-corrected chi connectivity index (χ2v) is 7.24. The molecule has 2 rings (SSSR count). The number of carboxylic acids is 2. The molecule has 9 heteroatoms. The fourth-order valence-corrected chi connectivity index (χ4v) is 4.11. The topological polar surface area (TPSA) is 104 Å². The van der Waals surface area contributed by atoms with Gasteiger partial charge in [-0.3, -0.25) is 4.79 Å². The highest BCUT2D eigenvalue weighted by Crippen LogP contribution is 2.49. The number of nitrogens with zero attached hydrogens (tertiary/aromatic N) is 1. The maximum Gasteiger partial charge on any atom is 0.334 e. The molecule has 0 unspecified atom stereocenters. The fourth-order valence-electron chi connectivity index (χ4n) is 3.62. The summed E-state index contributed by atoms with van der Waals surface area (Å²) in [5, 5.41) is 20.2. The molecule has 7 nitrogen and oxygen atoms in total. The number of allylic oxidation sites excluding steroid dienone is 2. The first-order valence-corrected chi connectivity index (χ1v) is 8.94. The summed E-state index contributed by atoms with van der Waals surface area (Å²) in [4.78, 5) is 37.0. The maximum absolute atomic E-state index is 12.2. The molecule has 1 aromatic rings. The summed E-state index contributed by atoms with van der Waals surface area (Å²) >= 11 is 12.5. The monoisotopic (exact) mass is 427 g/mol. The van der Waals surface area contributed by atoms with Gasteiger partial charge in [0.15, 0.2) is 6.73 Å². The van der Waals surface area contributed by atoms with Crippen LogP contribution in [0, 0.1) is 0 Å². The van der Waals surface area contributed by atoms with Crippen molar-refractivity contribution in [3.63, 3.8) is 0 Å². The van der Waals surface area contributed by atoms with Gasteiger partial charge in [-0.05, 0) is 32.4 Å². The first kappa shape index (κ1) is 21.8. The Labute approximate surface area is 171 Å². The normalized spacial score (nSPS) is 16.3. The van der Waals surface area contributed by atoms with Crippen molar-refractivity contribution in [1.29, 1.82) is 0 Å². The van der Waals surface area contributed by atoms with Crippen LogP contribution in [0.1, 0.15) is 33.3 Å². The first-order valence-electron chi connectivity index (χ1n) is 8.19. The van der Waals surface area contributed by atoms with Gasteiger partial charge in [0.1, 0.15) is 0 Å². The summed E-state index contributed by atoms with van der Waals surface area (Å²) in [6.07, 6.45) is 0. The average molecular weight is 428 g/mol. The van der Waals surface area contributed by atoms with Crippen molar-refractivity contribution >= 4 is 41.1 Å². The van der Waals surface area contributed by atoms with E-state index in [2.05, 4.69) is 0 Å². The van der Waals surface area contributed by atoms with E-state index in [0.29, 0.717) is 0 Å². The standard InChI is InChI=1S/C19H19Cl2NO6/c1-9-14(17(24)25)19(4,12-6-5-7-13(20)16(12)21)15(18(26)27)10(2)22(9)8-28-11(3)23/h5-7H,8H2,1-4H3,(H,24,25)(H,26,27). The Morgan fingerprint density at radius 3 is 2.00 bits per heavy atom. The molecule has 0 fully saturated rings. The van der Waals surface area contributed by atoms with Crippen LogP contribution in [0.3, 0.4) is 0 Å². The third-order valence-electron chi connectivity index (χ3n) is 4.85. The quantitative estimate of drug-likeness (QED) is 0.688. The first-order chi connectivity index (χ1) is 12.9. The van der Waals surface area contributed by atoms with Crippen LogP contribution in [-0.4, -0.2) is 39.8 Å². The maximum atomic E-state index is 12.2. The number of carbonyl (C=O) groups excluding carboxylic acids is 1. The molecule has 0 amide bonds. The molecule has 1 aliphatic heterocycles. The number of esters is 1. The Morgan fingerprint density at radius 2 is 1.57 bits per heavy atom. The largest absolute Gasteiger partial charge is 0.478 e. The van der Waals surface area contributed by atoms with Crippen LogP contribution < -0.4 is 0 Å². The van der Waals surface area contributed by atoms with Crippen molar-refractivity contribution in [1.82, 2.24) is 4.90 Å². The lowest BCUT2D eigenvalue weighted by Gasteiger charge is -2.42. The number of aliphatic carboxylic acids is 2. The second-order valence-electron chi connectivity index (χ2n) is 6.45. The molecule has 0 atom stereocenters. The minimum Gasteiger partial charge on any atom is -0.478 e. The number of benzene rings is 1. The van der Waals surface area contributed by atoms with Gasteiger partial charge in [0, 0.05) is 18.3 Å². The molecule has 1 heterocycles. The second kappa shape index (κ2) is 7.85. The van der Waals surface area contributed by atoms with Crippen molar-refractivity contribution in [3.8, 4) is 0 Å². The van der Waals surface area contributed by atoms with E-state index in [0.717, 1.165) is 0 Å².